The number of aromatic amines is 1. The molecular weight excluding hydrogens is 1200 g/mol. The number of nitrogens with one attached hydrogen (secondary N) is 3. The number of carbonyl (C=O) groups is 5. The van der Waals surface area contributed by atoms with E-state index in [2.05, 4.69) is 79.2 Å². The number of carbonyl (C=O) groups excluding carboxylic acids is 5. The number of hydrogen-bond acceptors (Lipinski definition) is 17. The standard InChI is InChI=1S/C68H58N8O9S4/c1-43(62(79)82-57(44-26-12-5-13-27-44)45-28-14-6-15-29-45)85-74-54(51-41-87-65(70-51)72-66(81)84-67(2,3)4)59(77)71-55-60(78)76-56(63(80)83-58(46-30-16-7-17-31-46)47-32-18-8-19-33-47)52(42-86-61(55)76)88-64(89-53-40-69-75-73-53)68(48-34-20-9-21-35-48,49-36-22-10-23-37-49)50-38-24-11-25-39-50/h5-41,55,57-58,61,64H,1,42H2,2-4H3,(H,71,77)(H,69,73,75)(H,70,72,81)/t55-,61+,64?/m1/s1. The highest BCUT2D eigenvalue weighted by molar-refractivity contribution is 8.19. The lowest BCUT2D eigenvalue weighted by molar-refractivity contribution is -0.154. The molecular formula is C68H58N8O9S4. The maximum absolute atomic E-state index is 15.7. The number of hydrogen-bond donors (Lipinski definition) is 3. The van der Waals surface area contributed by atoms with Crippen molar-refractivity contribution >= 4 is 87.3 Å². The lowest BCUT2D eigenvalue weighted by Crippen LogP contribution is -2.71. The summed E-state index contributed by atoms with van der Waals surface area (Å²) in [6, 6.07) is 66.1. The van der Waals surface area contributed by atoms with Gasteiger partial charge in [-0.05, 0) is 66.3 Å². The molecule has 0 aliphatic carbocycles. The van der Waals surface area contributed by atoms with Gasteiger partial charge in [-0.1, -0.05) is 234 Å². The maximum atomic E-state index is 15.7. The number of esters is 2. The lowest BCUT2D eigenvalue weighted by atomic mass is 9.70. The molecule has 89 heavy (non-hydrogen) atoms. The number of nitrogens with zero attached hydrogens (tertiary/aromatic N) is 5. The van der Waals surface area contributed by atoms with E-state index >= 15 is 9.59 Å². The van der Waals surface area contributed by atoms with Crippen LogP contribution in [-0.2, 0) is 43.6 Å². The average molecular weight is 1260 g/mol. The van der Waals surface area contributed by atoms with E-state index in [1.807, 2.05) is 176 Å². The molecule has 7 aromatic carbocycles. The van der Waals surface area contributed by atoms with Crippen LogP contribution in [0.5, 0.6) is 0 Å². The van der Waals surface area contributed by atoms with E-state index in [1.165, 1.54) is 45.6 Å². The summed E-state index contributed by atoms with van der Waals surface area (Å²) in [5.41, 5.74) is 3.21. The molecule has 17 nitrogen and oxygen atoms in total. The Morgan fingerprint density at radius 2 is 1.17 bits per heavy atom. The lowest BCUT2D eigenvalue weighted by Gasteiger charge is -2.50. The van der Waals surface area contributed by atoms with E-state index in [4.69, 9.17) is 19.0 Å². The van der Waals surface area contributed by atoms with Crippen molar-refractivity contribution in [3.8, 4) is 0 Å². The first-order valence-electron chi connectivity index (χ1n) is 28.1. The summed E-state index contributed by atoms with van der Waals surface area (Å²) in [6.45, 7) is 8.92. The van der Waals surface area contributed by atoms with Crippen molar-refractivity contribution in [2.24, 2.45) is 5.16 Å². The van der Waals surface area contributed by atoms with Gasteiger partial charge >= 0.3 is 18.0 Å². The Morgan fingerprint density at radius 3 is 1.64 bits per heavy atom. The Kier molecular flexibility index (Phi) is 19.0. The fourth-order valence-corrected chi connectivity index (χ4v) is 15.6. The summed E-state index contributed by atoms with van der Waals surface area (Å²) in [5, 5.41) is 22.1. The van der Waals surface area contributed by atoms with Crippen molar-refractivity contribution in [3.63, 3.8) is 0 Å². The van der Waals surface area contributed by atoms with Gasteiger partial charge in [0.1, 0.15) is 33.4 Å². The van der Waals surface area contributed by atoms with Crippen LogP contribution in [0.25, 0.3) is 0 Å². The smallest absolute Gasteiger partial charge is 0.413 e. The number of fused-ring (bicyclic) bond motifs is 1. The SMILES string of the molecule is C=C(ON=C(C(=O)N[C@@H]1C(=O)N2C(C(=O)OC(c3ccccc3)c3ccccc3)=C(SC(Sc3cnn[nH]3)C(c3ccccc3)(c3ccccc3)c3ccccc3)CS[C@@H]12)c1csc(NC(=O)OC(C)(C)C)n1)C(=O)OC(c1ccccc1)c1ccccc1. The van der Waals surface area contributed by atoms with E-state index < -0.39 is 80.5 Å². The first-order valence-corrected chi connectivity index (χ1v) is 31.8. The number of anilines is 1. The van der Waals surface area contributed by atoms with Crippen LogP contribution in [0.4, 0.5) is 9.93 Å². The van der Waals surface area contributed by atoms with Gasteiger partial charge in [-0.15, -0.1) is 40.0 Å². The van der Waals surface area contributed by atoms with Crippen LogP contribution in [0.3, 0.4) is 0 Å². The van der Waals surface area contributed by atoms with Crippen molar-refractivity contribution in [2.75, 3.05) is 11.1 Å². The normalized spacial score (nSPS) is 15.3. The third-order valence-electron chi connectivity index (χ3n) is 14.2. The molecule has 1 fully saturated rings. The number of β-lactam (4-membered cyclic amide) rings is 1. The highest BCUT2D eigenvalue weighted by atomic mass is 32.2. The molecule has 2 aliphatic heterocycles. The van der Waals surface area contributed by atoms with Crippen LogP contribution in [0, 0.1) is 0 Å². The molecule has 9 aromatic rings. The molecule has 0 radical (unpaired) electrons. The highest BCUT2D eigenvalue weighted by Crippen LogP contribution is 2.56. The molecule has 3 amide bonds. The Labute approximate surface area is 530 Å². The summed E-state index contributed by atoms with van der Waals surface area (Å²) in [4.78, 5) is 84.8. The second-order valence-electron chi connectivity index (χ2n) is 21.3. The fraction of sp³-hybridized carbons (Fsp3) is 0.162. The largest absolute Gasteiger partial charge is 0.448 e. The number of H-pyrrole nitrogens is 1. The zero-order chi connectivity index (χ0) is 61.9. The minimum absolute atomic E-state index is 0.00348. The van der Waals surface area contributed by atoms with Crippen LogP contribution < -0.4 is 10.6 Å². The Bertz CT molecular complexity index is 3840. The third kappa shape index (κ3) is 13.9. The molecule has 2 aromatic heterocycles. The number of thioether (sulfide) groups is 3. The van der Waals surface area contributed by atoms with Gasteiger partial charge in [0.15, 0.2) is 23.1 Å². The summed E-state index contributed by atoms with van der Waals surface area (Å²) in [5.74, 6) is -3.75. The summed E-state index contributed by atoms with van der Waals surface area (Å²) in [7, 11) is 0. The molecule has 1 unspecified atom stereocenters. The molecule has 21 heteroatoms. The molecule has 2 aliphatic rings. The van der Waals surface area contributed by atoms with Gasteiger partial charge in [0.25, 0.3) is 11.8 Å². The molecule has 11 rings (SSSR count). The Balaban J connectivity index is 0.963. The Morgan fingerprint density at radius 1 is 0.685 bits per heavy atom. The zero-order valence-corrected chi connectivity index (χ0v) is 51.5. The van der Waals surface area contributed by atoms with Gasteiger partial charge in [-0.25, -0.2) is 19.4 Å². The van der Waals surface area contributed by atoms with Gasteiger partial charge in [0.2, 0.25) is 5.76 Å². The van der Waals surface area contributed by atoms with E-state index in [0.717, 1.165) is 28.0 Å². The summed E-state index contributed by atoms with van der Waals surface area (Å²) < 4.78 is 17.5. The molecule has 3 atom stereocenters. The van der Waals surface area contributed by atoms with Crippen LogP contribution in [-0.4, -0.2) is 88.2 Å². The van der Waals surface area contributed by atoms with Gasteiger partial charge in [0.05, 0.1) is 16.2 Å². The van der Waals surface area contributed by atoms with Crippen LogP contribution >= 0.6 is 46.6 Å². The number of aromatic nitrogens is 4. The second-order valence-corrected chi connectivity index (χ2v) is 25.9. The van der Waals surface area contributed by atoms with Crippen molar-refractivity contribution in [2.45, 2.75) is 65.0 Å². The minimum atomic E-state index is -1.26. The molecule has 4 heterocycles. The van der Waals surface area contributed by atoms with E-state index in [1.54, 1.807) is 27.0 Å². The second kappa shape index (κ2) is 27.7. The van der Waals surface area contributed by atoms with E-state index in [9.17, 15) is 14.4 Å². The summed E-state index contributed by atoms with van der Waals surface area (Å²) in [6.07, 6.45) is -0.921. The number of amides is 3. The van der Waals surface area contributed by atoms with Crippen LogP contribution in [0.15, 0.2) is 257 Å². The molecule has 0 spiro atoms. The first-order chi connectivity index (χ1) is 43.2. The molecule has 0 bridgehead atoms. The maximum Gasteiger partial charge on any atom is 0.413 e. The van der Waals surface area contributed by atoms with Gasteiger partial charge in [-0.2, -0.15) is 0 Å². The van der Waals surface area contributed by atoms with Crippen molar-refractivity contribution < 1.29 is 43.0 Å². The zero-order valence-electron chi connectivity index (χ0n) is 48.2. The number of thiazole rings is 1. The first kappa shape index (κ1) is 61.1. The molecule has 0 saturated carbocycles. The molecule has 448 valence electrons. The predicted octanol–water partition coefficient (Wildman–Crippen LogP) is 13.0. The van der Waals surface area contributed by atoms with Crippen LogP contribution in [0.1, 0.15) is 77.6 Å². The average Bonchev–Trinajstić information content (AvgIpc) is 0.987. The predicted molar refractivity (Wildman–Crippen MR) is 345 cm³/mol. The van der Waals surface area contributed by atoms with Gasteiger partial charge in [-0.3, -0.25) is 24.9 Å². The third-order valence-corrected chi connectivity index (χ3v) is 19.2. The van der Waals surface area contributed by atoms with Gasteiger partial charge < -0.3 is 24.4 Å². The number of benzene rings is 7. The van der Waals surface area contributed by atoms with Crippen LogP contribution in [0.2, 0.25) is 0 Å². The quantitative estimate of drug-likeness (QED) is 0.00549. The topological polar surface area (TPSA) is 216 Å². The number of ether oxygens (including phenoxy) is 3. The highest BCUT2D eigenvalue weighted by Gasteiger charge is 2.56. The molecule has 1 saturated heterocycles. The Hall–Kier alpha value is -9.54. The van der Waals surface area contributed by atoms with Crippen molar-refractivity contribution in [1.29, 1.82) is 0 Å². The van der Waals surface area contributed by atoms with E-state index in [-0.39, 0.29) is 22.3 Å². The van der Waals surface area contributed by atoms with Crippen molar-refractivity contribution in [1.82, 2.24) is 30.6 Å². The number of rotatable bonds is 22. The number of oxime groups is 1. The van der Waals surface area contributed by atoms with Crippen molar-refractivity contribution in [3.05, 3.63) is 291 Å². The van der Waals surface area contributed by atoms with Gasteiger partial charge in [0, 0.05) is 16.0 Å². The fourth-order valence-electron chi connectivity index (χ4n) is 10.3. The monoisotopic (exact) mass is 1260 g/mol. The summed E-state index contributed by atoms with van der Waals surface area (Å²) >= 11 is 5.21. The minimum Gasteiger partial charge on any atom is -0.448 e. The van der Waals surface area contributed by atoms with E-state index in [0.29, 0.717) is 32.2 Å². The molecule has 3 N–H and O–H groups in total.